The molecule has 0 spiro atoms. The first-order chi connectivity index (χ1) is 13.8. The van der Waals surface area contributed by atoms with Crippen molar-refractivity contribution in [3.05, 3.63) is 48.5 Å². The van der Waals surface area contributed by atoms with Crippen molar-refractivity contribution in [2.24, 2.45) is 5.92 Å². The van der Waals surface area contributed by atoms with Crippen molar-refractivity contribution in [1.82, 2.24) is 9.80 Å². The Hall–Kier alpha value is -2.69. The number of fused-ring (bicyclic) bond motifs is 3. The van der Waals surface area contributed by atoms with Crippen LogP contribution in [0.2, 0.25) is 0 Å². The number of likely N-dealkylation sites (tertiary alicyclic amines) is 1. The molecule has 2 saturated heterocycles. The highest BCUT2D eigenvalue weighted by atomic mass is 16.5. The number of carbonyl (C=O) groups is 1. The van der Waals surface area contributed by atoms with E-state index in [-0.39, 0.29) is 30.0 Å². The molecule has 0 saturated carbocycles. The molecule has 1 aromatic rings. The lowest BCUT2D eigenvalue weighted by molar-refractivity contribution is -0.133. The first-order valence-electron chi connectivity index (χ1n) is 9.57. The minimum atomic E-state index is -0.409. The summed E-state index contributed by atoms with van der Waals surface area (Å²) >= 11 is 0. The third-order valence-electron chi connectivity index (χ3n) is 5.69. The molecule has 3 aliphatic rings. The van der Waals surface area contributed by atoms with Gasteiger partial charge in [0.05, 0.1) is 24.3 Å². The van der Waals surface area contributed by atoms with Gasteiger partial charge in [0.1, 0.15) is 24.0 Å². The van der Waals surface area contributed by atoms with Gasteiger partial charge in [0.2, 0.25) is 5.91 Å². The van der Waals surface area contributed by atoms with Gasteiger partial charge in [0.25, 0.3) is 0 Å². The van der Waals surface area contributed by atoms with Crippen molar-refractivity contribution in [2.75, 3.05) is 27.2 Å². The molecular weight excluding hydrogens is 372 g/mol. The first-order valence-corrected chi connectivity index (χ1v) is 9.57. The largest absolute Gasteiger partial charge is 0.467 e. The zero-order valence-electron chi connectivity index (χ0n) is 17.3. The molecular formula is C22H28N2O5. The normalized spacial score (nSPS) is 32.9. The van der Waals surface area contributed by atoms with Crippen molar-refractivity contribution >= 4 is 5.91 Å². The van der Waals surface area contributed by atoms with Crippen LogP contribution >= 0.6 is 0 Å². The van der Waals surface area contributed by atoms with Crippen LogP contribution in [0.15, 0.2) is 47.1 Å². The lowest BCUT2D eigenvalue weighted by Gasteiger charge is -2.41. The van der Waals surface area contributed by atoms with Crippen LogP contribution in [0, 0.1) is 18.1 Å². The molecule has 1 amide bonds. The van der Waals surface area contributed by atoms with Gasteiger partial charge in [-0.1, -0.05) is 24.3 Å². The number of likely N-dealkylation sites (N-methyl/N-ethyl adjacent to an activating group) is 2. The molecule has 5 unspecified atom stereocenters. The standard InChI is InChI=1S/C17H22N2O3.C5H6O2/c1-10-8-17(2)15(18(3)9-10)12-14(22-17)13(19(4)16(12)20)11-6-5-7-21-11;1-2-4-7-5-3-6/h5-8,12-15H,9H2,1-4H3;2,6H,1,4H2. The highest BCUT2D eigenvalue weighted by Gasteiger charge is 2.64. The molecule has 156 valence electrons. The highest BCUT2D eigenvalue weighted by Crippen LogP contribution is 2.51. The van der Waals surface area contributed by atoms with E-state index in [1.807, 2.05) is 25.3 Å². The minimum absolute atomic E-state index is 0.0797. The molecule has 1 N–H and O–H groups in total. The average Bonchev–Trinajstić information content (AvgIpc) is 3.33. The number of carbonyl (C=O) groups excluding carboxylic acids is 1. The molecule has 1 aromatic heterocycles. The second kappa shape index (κ2) is 8.36. The second-order valence-electron chi connectivity index (χ2n) is 7.87. The quantitative estimate of drug-likeness (QED) is 0.477. The fraction of sp³-hybridized carbons (Fsp3) is 0.500. The van der Waals surface area contributed by atoms with Crippen molar-refractivity contribution in [3.8, 4) is 12.2 Å². The van der Waals surface area contributed by atoms with E-state index < -0.39 is 5.60 Å². The summed E-state index contributed by atoms with van der Waals surface area (Å²) in [6, 6.07) is 3.73. The summed E-state index contributed by atoms with van der Waals surface area (Å²) in [7, 11) is 3.93. The van der Waals surface area contributed by atoms with Crippen LogP contribution in [0.1, 0.15) is 25.6 Å². The highest BCUT2D eigenvalue weighted by molar-refractivity contribution is 5.84. The van der Waals surface area contributed by atoms with Gasteiger partial charge in [-0.2, -0.15) is 0 Å². The summed E-state index contributed by atoms with van der Waals surface area (Å²) in [4.78, 5) is 16.9. The van der Waals surface area contributed by atoms with Crippen LogP contribution in [0.3, 0.4) is 0 Å². The van der Waals surface area contributed by atoms with Crippen LogP contribution in [0.4, 0.5) is 0 Å². The number of furan rings is 1. The average molecular weight is 400 g/mol. The predicted octanol–water partition coefficient (Wildman–Crippen LogP) is 2.31. The zero-order valence-corrected chi connectivity index (χ0v) is 17.3. The van der Waals surface area contributed by atoms with Crippen molar-refractivity contribution in [3.63, 3.8) is 0 Å². The number of amides is 1. The third-order valence-corrected chi connectivity index (χ3v) is 5.69. The van der Waals surface area contributed by atoms with E-state index in [2.05, 4.69) is 43.2 Å². The number of nitrogens with zero attached hydrogens (tertiary/aromatic N) is 2. The van der Waals surface area contributed by atoms with Gasteiger partial charge in [-0.3, -0.25) is 9.69 Å². The molecule has 29 heavy (non-hydrogen) atoms. The van der Waals surface area contributed by atoms with Crippen molar-refractivity contribution in [2.45, 2.75) is 37.6 Å². The van der Waals surface area contributed by atoms with Gasteiger partial charge in [-0.05, 0) is 33.0 Å². The van der Waals surface area contributed by atoms with E-state index in [0.29, 0.717) is 6.61 Å². The Morgan fingerprint density at radius 1 is 1.48 bits per heavy atom. The molecule has 0 aliphatic carbocycles. The summed E-state index contributed by atoms with van der Waals surface area (Å²) < 4.78 is 16.4. The summed E-state index contributed by atoms with van der Waals surface area (Å²) in [5.74, 6) is 0.813. The Balaban J connectivity index is 0.000000298. The molecule has 0 radical (unpaired) electrons. The predicted molar refractivity (Wildman–Crippen MR) is 107 cm³/mol. The number of rotatable bonds is 3. The van der Waals surface area contributed by atoms with Gasteiger partial charge >= 0.3 is 0 Å². The molecule has 4 heterocycles. The molecule has 7 nitrogen and oxygen atoms in total. The second-order valence-corrected chi connectivity index (χ2v) is 7.87. The van der Waals surface area contributed by atoms with E-state index in [1.165, 1.54) is 5.57 Å². The first kappa shape index (κ1) is 21.0. The number of ether oxygens (including phenoxy) is 2. The molecule has 0 aromatic carbocycles. The van der Waals surface area contributed by atoms with E-state index in [0.717, 1.165) is 12.3 Å². The molecule has 3 aliphatic heterocycles. The lowest BCUT2D eigenvalue weighted by atomic mass is 9.82. The third kappa shape index (κ3) is 3.78. The van der Waals surface area contributed by atoms with E-state index in [9.17, 15) is 4.79 Å². The number of aliphatic hydroxyl groups is 1. The molecule has 7 heteroatoms. The van der Waals surface area contributed by atoms with Crippen molar-refractivity contribution < 1.29 is 23.8 Å². The fourth-order valence-electron chi connectivity index (χ4n) is 4.90. The van der Waals surface area contributed by atoms with Gasteiger partial charge in [-0.15, -0.1) is 0 Å². The molecule has 4 rings (SSSR count). The number of hydrogen-bond donors (Lipinski definition) is 1. The topological polar surface area (TPSA) is 75.4 Å². The molecule has 0 bridgehead atoms. The van der Waals surface area contributed by atoms with Gasteiger partial charge in [0, 0.05) is 13.6 Å². The van der Waals surface area contributed by atoms with Gasteiger partial charge < -0.3 is 23.9 Å². The van der Waals surface area contributed by atoms with Crippen molar-refractivity contribution in [1.29, 1.82) is 0 Å². The summed E-state index contributed by atoms with van der Waals surface area (Å²) in [6.07, 6.45) is 8.80. The van der Waals surface area contributed by atoms with E-state index in [4.69, 9.17) is 14.3 Å². The molecule has 5 atom stereocenters. The maximum atomic E-state index is 12.9. The summed E-state index contributed by atoms with van der Waals surface area (Å²) in [6.45, 7) is 8.81. The molecule has 2 fully saturated rings. The summed E-state index contributed by atoms with van der Waals surface area (Å²) in [5.41, 5.74) is 0.880. The smallest absolute Gasteiger partial charge is 0.230 e. The van der Waals surface area contributed by atoms with Crippen LogP contribution < -0.4 is 0 Å². The number of aliphatic hydroxyl groups excluding tert-OH is 1. The maximum Gasteiger partial charge on any atom is 0.230 e. The Morgan fingerprint density at radius 2 is 2.24 bits per heavy atom. The Kier molecular flexibility index (Phi) is 6.06. The van der Waals surface area contributed by atoms with Crippen LogP contribution in [-0.2, 0) is 14.3 Å². The van der Waals surface area contributed by atoms with Gasteiger partial charge in [0.15, 0.2) is 12.2 Å². The SMILES string of the molecule is C=CCOC#CO.CC1=CC2(C)OC3C(C(=O)N(C)C3c3ccco3)C2N(C)C1. The summed E-state index contributed by atoms with van der Waals surface area (Å²) in [5, 5.41) is 7.77. The van der Waals surface area contributed by atoms with Crippen LogP contribution in [-0.4, -0.2) is 65.8 Å². The van der Waals surface area contributed by atoms with Gasteiger partial charge in [-0.25, -0.2) is 0 Å². The monoisotopic (exact) mass is 400 g/mol. The Morgan fingerprint density at radius 3 is 2.86 bits per heavy atom. The number of hydrogen-bond acceptors (Lipinski definition) is 6. The Bertz CT molecular complexity index is 837. The van der Waals surface area contributed by atoms with Crippen LogP contribution in [0.5, 0.6) is 0 Å². The fourth-order valence-corrected chi connectivity index (χ4v) is 4.90. The van der Waals surface area contributed by atoms with E-state index in [1.54, 1.807) is 23.3 Å². The Labute approximate surface area is 171 Å². The van der Waals surface area contributed by atoms with Crippen LogP contribution in [0.25, 0.3) is 0 Å². The lowest BCUT2D eigenvalue weighted by Crippen LogP contribution is -2.54. The maximum absolute atomic E-state index is 12.9. The minimum Gasteiger partial charge on any atom is -0.467 e. The zero-order chi connectivity index (χ0) is 21.2. The van der Waals surface area contributed by atoms with E-state index >= 15 is 0 Å².